The Bertz CT molecular complexity index is 437. The number of methoxy groups -OCH3 is 1. The quantitative estimate of drug-likeness (QED) is 0.738. The maximum Gasteiger partial charge on any atom is 0.234 e. The molecule has 2 aliphatic heterocycles. The van der Waals surface area contributed by atoms with Crippen LogP contribution in [0.2, 0.25) is 0 Å². The van der Waals surface area contributed by atoms with Crippen molar-refractivity contribution in [3.63, 3.8) is 0 Å². The standard InChI is InChI=1S/C12H22N2O4S/c1-9-3-4-14(5-9)6-12(15)13-10-7-19(16,17)8-11(10)18-2/h9-11H,3-8H2,1-2H3,(H,13,15). The zero-order chi connectivity index (χ0) is 14.0. The second kappa shape index (κ2) is 5.76. The summed E-state index contributed by atoms with van der Waals surface area (Å²) in [6.07, 6.45) is 0.692. The molecule has 7 heteroatoms. The first-order chi connectivity index (χ1) is 8.89. The molecule has 0 aromatic carbocycles. The highest BCUT2D eigenvalue weighted by Gasteiger charge is 2.38. The number of carbonyl (C=O) groups is 1. The third kappa shape index (κ3) is 3.90. The number of rotatable bonds is 4. The van der Waals surface area contributed by atoms with Gasteiger partial charge in [-0.25, -0.2) is 8.42 Å². The number of nitrogens with one attached hydrogen (secondary N) is 1. The Balaban J connectivity index is 1.85. The van der Waals surface area contributed by atoms with Gasteiger partial charge < -0.3 is 10.1 Å². The van der Waals surface area contributed by atoms with Crippen LogP contribution < -0.4 is 5.32 Å². The summed E-state index contributed by atoms with van der Waals surface area (Å²) in [6, 6.07) is -0.414. The van der Waals surface area contributed by atoms with Crippen LogP contribution in [0.25, 0.3) is 0 Å². The molecule has 2 heterocycles. The van der Waals surface area contributed by atoms with Crippen LogP contribution in [-0.4, -0.2) is 69.6 Å². The van der Waals surface area contributed by atoms with Gasteiger partial charge in [0.15, 0.2) is 9.84 Å². The Morgan fingerprint density at radius 1 is 1.42 bits per heavy atom. The van der Waals surface area contributed by atoms with Crippen LogP contribution in [0.1, 0.15) is 13.3 Å². The Morgan fingerprint density at radius 3 is 2.74 bits per heavy atom. The highest BCUT2D eigenvalue weighted by Crippen LogP contribution is 2.16. The van der Waals surface area contributed by atoms with Crippen LogP contribution in [0, 0.1) is 5.92 Å². The van der Waals surface area contributed by atoms with E-state index >= 15 is 0 Å². The number of likely N-dealkylation sites (tertiary alicyclic amines) is 1. The van der Waals surface area contributed by atoms with Gasteiger partial charge >= 0.3 is 0 Å². The van der Waals surface area contributed by atoms with Crippen molar-refractivity contribution in [2.45, 2.75) is 25.5 Å². The molecule has 2 fully saturated rings. The van der Waals surface area contributed by atoms with E-state index in [-0.39, 0.29) is 17.4 Å². The molecule has 19 heavy (non-hydrogen) atoms. The molecule has 0 aromatic rings. The van der Waals surface area contributed by atoms with Gasteiger partial charge in [0.05, 0.1) is 30.2 Å². The topological polar surface area (TPSA) is 75.7 Å². The van der Waals surface area contributed by atoms with E-state index in [0.29, 0.717) is 12.5 Å². The predicted octanol–water partition coefficient (Wildman–Crippen LogP) is -0.744. The predicted molar refractivity (Wildman–Crippen MR) is 71.6 cm³/mol. The summed E-state index contributed by atoms with van der Waals surface area (Å²) in [6.45, 7) is 4.38. The summed E-state index contributed by atoms with van der Waals surface area (Å²) in [5.74, 6) is 0.493. The summed E-state index contributed by atoms with van der Waals surface area (Å²) in [5, 5.41) is 2.79. The smallest absolute Gasteiger partial charge is 0.234 e. The van der Waals surface area contributed by atoms with Crippen molar-refractivity contribution < 1.29 is 17.9 Å². The Kier molecular flexibility index (Phi) is 4.47. The zero-order valence-electron chi connectivity index (χ0n) is 11.5. The first-order valence-corrected chi connectivity index (χ1v) is 8.46. The highest BCUT2D eigenvalue weighted by molar-refractivity contribution is 7.91. The van der Waals surface area contributed by atoms with Crippen molar-refractivity contribution in [2.75, 3.05) is 38.2 Å². The van der Waals surface area contributed by atoms with E-state index in [9.17, 15) is 13.2 Å². The molecule has 3 unspecified atom stereocenters. The monoisotopic (exact) mass is 290 g/mol. The number of sulfone groups is 1. The molecule has 110 valence electrons. The summed E-state index contributed by atoms with van der Waals surface area (Å²) < 4.78 is 28.2. The van der Waals surface area contributed by atoms with Gasteiger partial charge in [0.1, 0.15) is 0 Å². The van der Waals surface area contributed by atoms with Crippen molar-refractivity contribution in [3.05, 3.63) is 0 Å². The van der Waals surface area contributed by atoms with E-state index in [0.717, 1.165) is 19.5 Å². The fourth-order valence-electron chi connectivity index (χ4n) is 2.81. The second-order valence-electron chi connectivity index (χ2n) is 5.65. The Labute approximate surface area is 114 Å². The molecule has 0 saturated carbocycles. The molecule has 0 aliphatic carbocycles. The minimum Gasteiger partial charge on any atom is -0.378 e. The Hall–Kier alpha value is -0.660. The van der Waals surface area contributed by atoms with Crippen molar-refractivity contribution in [1.82, 2.24) is 10.2 Å². The minimum atomic E-state index is -3.09. The fourth-order valence-corrected chi connectivity index (χ4v) is 4.66. The third-order valence-electron chi connectivity index (χ3n) is 3.82. The summed E-state index contributed by atoms with van der Waals surface area (Å²) >= 11 is 0. The van der Waals surface area contributed by atoms with Crippen LogP contribution in [0.15, 0.2) is 0 Å². The van der Waals surface area contributed by atoms with E-state index < -0.39 is 22.0 Å². The molecule has 0 bridgehead atoms. The molecule has 0 spiro atoms. The number of ether oxygens (including phenoxy) is 1. The molecule has 3 atom stereocenters. The van der Waals surface area contributed by atoms with Crippen molar-refractivity contribution in [3.8, 4) is 0 Å². The van der Waals surface area contributed by atoms with E-state index in [4.69, 9.17) is 4.74 Å². The molecular weight excluding hydrogens is 268 g/mol. The fraction of sp³-hybridized carbons (Fsp3) is 0.917. The lowest BCUT2D eigenvalue weighted by Crippen LogP contribution is -2.47. The van der Waals surface area contributed by atoms with E-state index in [1.54, 1.807) is 0 Å². The largest absolute Gasteiger partial charge is 0.378 e. The van der Waals surface area contributed by atoms with Crippen LogP contribution in [0.5, 0.6) is 0 Å². The van der Waals surface area contributed by atoms with E-state index in [2.05, 4.69) is 17.1 Å². The lowest BCUT2D eigenvalue weighted by Gasteiger charge is -2.20. The van der Waals surface area contributed by atoms with E-state index in [1.165, 1.54) is 7.11 Å². The molecule has 2 aliphatic rings. The zero-order valence-corrected chi connectivity index (χ0v) is 12.3. The first kappa shape index (κ1) is 14.7. The van der Waals surface area contributed by atoms with Gasteiger partial charge in [0.25, 0.3) is 0 Å². The Morgan fingerprint density at radius 2 is 2.16 bits per heavy atom. The van der Waals surface area contributed by atoms with Crippen molar-refractivity contribution in [2.24, 2.45) is 5.92 Å². The van der Waals surface area contributed by atoms with Crippen molar-refractivity contribution >= 4 is 15.7 Å². The minimum absolute atomic E-state index is 0.00477. The first-order valence-electron chi connectivity index (χ1n) is 6.64. The van der Waals surface area contributed by atoms with Gasteiger partial charge in [0, 0.05) is 13.7 Å². The number of nitrogens with zero attached hydrogens (tertiary/aromatic N) is 1. The second-order valence-corrected chi connectivity index (χ2v) is 7.81. The van der Waals surface area contributed by atoms with Gasteiger partial charge in [0.2, 0.25) is 5.91 Å². The summed E-state index contributed by atoms with van der Waals surface area (Å²) in [7, 11) is -1.61. The molecule has 1 amide bonds. The average molecular weight is 290 g/mol. The number of hydrogen-bond donors (Lipinski definition) is 1. The van der Waals surface area contributed by atoms with Crippen LogP contribution in [0.4, 0.5) is 0 Å². The summed E-state index contributed by atoms with van der Waals surface area (Å²) in [5.41, 5.74) is 0. The molecule has 2 rings (SSSR count). The molecule has 0 radical (unpaired) electrons. The lowest BCUT2D eigenvalue weighted by molar-refractivity contribution is -0.123. The van der Waals surface area contributed by atoms with Crippen LogP contribution in [-0.2, 0) is 19.4 Å². The molecule has 0 aromatic heterocycles. The van der Waals surface area contributed by atoms with Gasteiger partial charge in [-0.1, -0.05) is 6.92 Å². The van der Waals surface area contributed by atoms with Crippen molar-refractivity contribution in [1.29, 1.82) is 0 Å². The van der Waals surface area contributed by atoms with Gasteiger partial charge in [-0.2, -0.15) is 0 Å². The summed E-state index contributed by atoms with van der Waals surface area (Å²) in [4.78, 5) is 14.0. The lowest BCUT2D eigenvalue weighted by atomic mass is 10.2. The van der Waals surface area contributed by atoms with Gasteiger partial charge in [-0.3, -0.25) is 9.69 Å². The highest BCUT2D eigenvalue weighted by atomic mass is 32.2. The molecule has 1 N–H and O–H groups in total. The van der Waals surface area contributed by atoms with Crippen LogP contribution in [0.3, 0.4) is 0 Å². The maximum absolute atomic E-state index is 11.9. The SMILES string of the molecule is COC1CS(=O)(=O)CC1NC(=O)CN1CCC(C)C1. The molecule has 2 saturated heterocycles. The molecular formula is C12H22N2O4S. The molecule has 6 nitrogen and oxygen atoms in total. The van der Waals surface area contributed by atoms with Gasteiger partial charge in [-0.15, -0.1) is 0 Å². The number of hydrogen-bond acceptors (Lipinski definition) is 5. The van der Waals surface area contributed by atoms with Crippen LogP contribution >= 0.6 is 0 Å². The number of carbonyl (C=O) groups excluding carboxylic acids is 1. The average Bonchev–Trinajstić information content (AvgIpc) is 2.82. The van der Waals surface area contributed by atoms with Gasteiger partial charge in [-0.05, 0) is 18.9 Å². The number of amides is 1. The van der Waals surface area contributed by atoms with E-state index in [1.807, 2.05) is 0 Å². The third-order valence-corrected chi connectivity index (χ3v) is 5.53. The normalized spacial score (nSPS) is 34.5. The maximum atomic E-state index is 11.9.